The summed E-state index contributed by atoms with van der Waals surface area (Å²) in [7, 11) is 2.19. The fraction of sp³-hybridized carbons (Fsp3) is 0.571. The highest BCUT2D eigenvalue weighted by atomic mass is 15.1. The topological polar surface area (TPSA) is 41.3 Å². The van der Waals surface area contributed by atoms with Crippen molar-refractivity contribution in [1.82, 2.24) is 10.2 Å². The van der Waals surface area contributed by atoms with Crippen LogP contribution in [0.25, 0.3) is 0 Å². The Labute approximate surface area is 104 Å². The van der Waals surface area contributed by atoms with E-state index in [0.717, 1.165) is 6.54 Å². The molecule has 1 aromatic rings. The molecular weight excluding hydrogens is 210 g/mol. The number of nitrogens with zero attached hydrogens (tertiary/aromatic N) is 1. The summed E-state index contributed by atoms with van der Waals surface area (Å²) < 4.78 is 0. The fourth-order valence-electron chi connectivity index (χ4n) is 2.32. The van der Waals surface area contributed by atoms with Crippen LogP contribution in [0.4, 0.5) is 0 Å². The quantitative estimate of drug-likeness (QED) is 0.825. The average Bonchev–Trinajstić information content (AvgIpc) is 2.39. The van der Waals surface area contributed by atoms with E-state index in [1.165, 1.54) is 31.5 Å². The van der Waals surface area contributed by atoms with E-state index in [1.807, 2.05) is 18.2 Å². The number of benzene rings is 1. The number of hydrogen-bond donors (Lipinski definition) is 2. The van der Waals surface area contributed by atoms with Crippen LogP contribution in [0.1, 0.15) is 24.4 Å². The molecule has 1 fully saturated rings. The van der Waals surface area contributed by atoms with Crippen molar-refractivity contribution in [3.63, 3.8) is 0 Å². The molecule has 0 bridgehead atoms. The molecule has 0 saturated carbocycles. The third-order valence-corrected chi connectivity index (χ3v) is 3.57. The highest BCUT2D eigenvalue weighted by Crippen LogP contribution is 2.11. The van der Waals surface area contributed by atoms with E-state index >= 15 is 0 Å². The molecule has 0 spiro atoms. The van der Waals surface area contributed by atoms with Gasteiger partial charge in [-0.25, -0.2) is 0 Å². The molecule has 0 amide bonds. The lowest BCUT2D eigenvalue weighted by molar-refractivity contribution is 0.233. The van der Waals surface area contributed by atoms with Gasteiger partial charge in [-0.3, -0.25) is 0 Å². The number of nitrogens with two attached hydrogens (primary N) is 1. The van der Waals surface area contributed by atoms with Gasteiger partial charge < -0.3 is 16.0 Å². The second kappa shape index (κ2) is 6.15. The van der Waals surface area contributed by atoms with Crippen molar-refractivity contribution in [2.45, 2.75) is 24.9 Å². The molecular formula is C14H23N3. The van der Waals surface area contributed by atoms with Crippen molar-refractivity contribution in [2.75, 3.05) is 26.7 Å². The summed E-state index contributed by atoms with van der Waals surface area (Å²) in [4.78, 5) is 2.38. The van der Waals surface area contributed by atoms with Gasteiger partial charge in [-0.2, -0.15) is 0 Å². The first-order valence-electron chi connectivity index (χ1n) is 6.48. The Bertz CT molecular complexity index is 317. The van der Waals surface area contributed by atoms with E-state index in [1.54, 1.807) is 0 Å². The molecule has 0 unspecified atom stereocenters. The molecule has 1 atom stereocenters. The zero-order valence-electron chi connectivity index (χ0n) is 10.6. The van der Waals surface area contributed by atoms with Crippen molar-refractivity contribution in [3.05, 3.63) is 35.9 Å². The van der Waals surface area contributed by atoms with Crippen LogP contribution in [0, 0.1) is 0 Å². The molecule has 0 aliphatic carbocycles. The zero-order chi connectivity index (χ0) is 12.1. The van der Waals surface area contributed by atoms with E-state index in [9.17, 15) is 0 Å². The van der Waals surface area contributed by atoms with Crippen molar-refractivity contribution >= 4 is 0 Å². The first kappa shape index (κ1) is 12.6. The van der Waals surface area contributed by atoms with Crippen molar-refractivity contribution in [1.29, 1.82) is 0 Å². The van der Waals surface area contributed by atoms with E-state index < -0.39 is 0 Å². The molecule has 1 aliphatic heterocycles. The minimum Gasteiger partial charge on any atom is -0.323 e. The SMILES string of the molecule is CN1CCC(NC[C@@H](N)c2ccccc2)CC1. The zero-order valence-corrected chi connectivity index (χ0v) is 10.6. The summed E-state index contributed by atoms with van der Waals surface area (Å²) in [6, 6.07) is 11.1. The minimum atomic E-state index is 0.107. The summed E-state index contributed by atoms with van der Waals surface area (Å²) in [6.07, 6.45) is 2.47. The van der Waals surface area contributed by atoms with Crippen molar-refractivity contribution in [3.8, 4) is 0 Å². The van der Waals surface area contributed by atoms with Gasteiger partial charge in [0.05, 0.1) is 0 Å². The van der Waals surface area contributed by atoms with Gasteiger partial charge in [-0.1, -0.05) is 30.3 Å². The predicted octanol–water partition coefficient (Wildman–Crippen LogP) is 1.37. The van der Waals surface area contributed by atoms with Gasteiger partial charge in [-0.15, -0.1) is 0 Å². The van der Waals surface area contributed by atoms with Gasteiger partial charge in [0.1, 0.15) is 0 Å². The van der Waals surface area contributed by atoms with Gasteiger partial charge >= 0.3 is 0 Å². The number of rotatable bonds is 4. The second-order valence-electron chi connectivity index (χ2n) is 5.00. The van der Waals surface area contributed by atoms with Gasteiger partial charge in [0, 0.05) is 18.6 Å². The van der Waals surface area contributed by atoms with Gasteiger partial charge in [0.2, 0.25) is 0 Å². The lowest BCUT2D eigenvalue weighted by atomic mass is 10.0. The number of likely N-dealkylation sites (tertiary alicyclic amines) is 1. The number of hydrogen-bond acceptors (Lipinski definition) is 3. The van der Waals surface area contributed by atoms with E-state index in [0.29, 0.717) is 6.04 Å². The highest BCUT2D eigenvalue weighted by Gasteiger charge is 2.16. The van der Waals surface area contributed by atoms with Crippen LogP contribution < -0.4 is 11.1 Å². The van der Waals surface area contributed by atoms with Crippen molar-refractivity contribution in [2.24, 2.45) is 5.73 Å². The minimum absolute atomic E-state index is 0.107. The molecule has 1 aliphatic rings. The van der Waals surface area contributed by atoms with E-state index in [-0.39, 0.29) is 6.04 Å². The summed E-state index contributed by atoms with van der Waals surface area (Å²) in [5.41, 5.74) is 7.38. The van der Waals surface area contributed by atoms with Crippen LogP contribution in [-0.2, 0) is 0 Å². The highest BCUT2D eigenvalue weighted by molar-refractivity contribution is 5.18. The molecule has 1 aromatic carbocycles. The van der Waals surface area contributed by atoms with Gasteiger partial charge in [-0.05, 0) is 38.5 Å². The van der Waals surface area contributed by atoms with Crippen LogP contribution in [0.3, 0.4) is 0 Å². The molecule has 3 nitrogen and oxygen atoms in total. The van der Waals surface area contributed by atoms with Gasteiger partial charge in [0.15, 0.2) is 0 Å². The molecule has 17 heavy (non-hydrogen) atoms. The Kier molecular flexibility index (Phi) is 4.54. The summed E-state index contributed by atoms with van der Waals surface area (Å²) >= 11 is 0. The monoisotopic (exact) mass is 233 g/mol. The molecule has 2 rings (SSSR count). The number of piperidine rings is 1. The smallest absolute Gasteiger partial charge is 0.0421 e. The Hall–Kier alpha value is -0.900. The second-order valence-corrected chi connectivity index (χ2v) is 5.00. The maximum absolute atomic E-state index is 6.17. The third-order valence-electron chi connectivity index (χ3n) is 3.57. The summed E-state index contributed by atoms with van der Waals surface area (Å²) in [5, 5.41) is 3.59. The van der Waals surface area contributed by atoms with Crippen LogP contribution in [0.15, 0.2) is 30.3 Å². The predicted molar refractivity (Wildman–Crippen MR) is 71.9 cm³/mol. The lowest BCUT2D eigenvalue weighted by Crippen LogP contribution is -2.43. The van der Waals surface area contributed by atoms with E-state index in [4.69, 9.17) is 5.73 Å². The Morgan fingerprint density at radius 3 is 2.59 bits per heavy atom. The maximum atomic E-state index is 6.17. The van der Waals surface area contributed by atoms with Crippen LogP contribution in [-0.4, -0.2) is 37.6 Å². The molecule has 3 heteroatoms. The summed E-state index contributed by atoms with van der Waals surface area (Å²) in [5.74, 6) is 0. The lowest BCUT2D eigenvalue weighted by Gasteiger charge is -2.30. The molecule has 3 N–H and O–H groups in total. The molecule has 0 radical (unpaired) electrons. The average molecular weight is 233 g/mol. The Balaban J connectivity index is 1.75. The third kappa shape index (κ3) is 3.80. The van der Waals surface area contributed by atoms with Crippen molar-refractivity contribution < 1.29 is 0 Å². The van der Waals surface area contributed by atoms with Crippen LogP contribution in [0.2, 0.25) is 0 Å². The first-order valence-corrected chi connectivity index (χ1v) is 6.48. The first-order chi connectivity index (χ1) is 8.25. The number of nitrogens with one attached hydrogen (secondary N) is 1. The molecule has 1 heterocycles. The molecule has 1 saturated heterocycles. The van der Waals surface area contributed by atoms with Gasteiger partial charge in [0.25, 0.3) is 0 Å². The Morgan fingerprint density at radius 1 is 1.29 bits per heavy atom. The molecule has 94 valence electrons. The van der Waals surface area contributed by atoms with E-state index in [2.05, 4.69) is 29.4 Å². The summed E-state index contributed by atoms with van der Waals surface area (Å²) in [6.45, 7) is 3.26. The van der Waals surface area contributed by atoms with Crippen LogP contribution in [0.5, 0.6) is 0 Å². The standard InChI is InChI=1S/C14H23N3/c1-17-9-7-13(8-10-17)16-11-14(15)12-5-3-2-4-6-12/h2-6,13-14,16H,7-11,15H2,1H3/t14-/m1/s1. The normalized spacial score (nSPS) is 20.4. The van der Waals surface area contributed by atoms with Crippen LogP contribution >= 0.6 is 0 Å². The Morgan fingerprint density at radius 2 is 1.94 bits per heavy atom. The fourth-order valence-corrected chi connectivity index (χ4v) is 2.32. The molecule has 0 aromatic heterocycles. The maximum Gasteiger partial charge on any atom is 0.0421 e. The largest absolute Gasteiger partial charge is 0.323 e.